The van der Waals surface area contributed by atoms with Gasteiger partial charge in [0.2, 0.25) is 5.91 Å². The van der Waals surface area contributed by atoms with Crippen molar-refractivity contribution in [1.82, 2.24) is 20.9 Å². The minimum Gasteiger partial charge on any atom is -0.352 e. The van der Waals surface area contributed by atoms with Crippen LogP contribution in [-0.2, 0) is 9.59 Å². The van der Waals surface area contributed by atoms with Crippen molar-refractivity contribution in [3.8, 4) is 0 Å². The Morgan fingerprint density at radius 3 is 2.57 bits per heavy atom. The summed E-state index contributed by atoms with van der Waals surface area (Å²) in [6, 6.07) is -0.241. The van der Waals surface area contributed by atoms with E-state index in [0.29, 0.717) is 25.9 Å². The molecule has 7 nitrogen and oxygen atoms in total. The first-order valence-corrected chi connectivity index (χ1v) is 7.75. The predicted octanol–water partition coefficient (Wildman–Crippen LogP) is -0.281. The van der Waals surface area contributed by atoms with Crippen molar-refractivity contribution in [3.63, 3.8) is 0 Å². The van der Waals surface area contributed by atoms with Crippen molar-refractivity contribution in [1.29, 1.82) is 0 Å². The summed E-state index contributed by atoms with van der Waals surface area (Å²) in [5.41, 5.74) is -0.796. The van der Waals surface area contributed by atoms with Crippen molar-refractivity contribution < 1.29 is 14.4 Å². The summed E-state index contributed by atoms with van der Waals surface area (Å²) in [5, 5.41) is 8.87. The fourth-order valence-electron chi connectivity index (χ4n) is 3.50. The van der Waals surface area contributed by atoms with Gasteiger partial charge in [-0.3, -0.25) is 14.5 Å². The van der Waals surface area contributed by atoms with Gasteiger partial charge in [0.15, 0.2) is 0 Å². The quantitative estimate of drug-likeness (QED) is 0.624. The van der Waals surface area contributed by atoms with Crippen LogP contribution in [0.3, 0.4) is 0 Å². The van der Waals surface area contributed by atoms with Gasteiger partial charge >= 0.3 is 6.03 Å². The van der Waals surface area contributed by atoms with E-state index in [4.69, 9.17) is 0 Å². The van der Waals surface area contributed by atoms with Gasteiger partial charge in [0.1, 0.15) is 12.1 Å². The van der Waals surface area contributed by atoms with E-state index in [1.54, 1.807) is 0 Å². The molecule has 3 rings (SSSR count). The second-order valence-electron chi connectivity index (χ2n) is 6.20. The van der Waals surface area contributed by atoms with Crippen LogP contribution < -0.4 is 16.0 Å². The number of nitrogens with one attached hydrogen (secondary N) is 3. The van der Waals surface area contributed by atoms with E-state index in [2.05, 4.69) is 16.0 Å². The highest BCUT2D eigenvalue weighted by Crippen LogP contribution is 2.26. The first-order chi connectivity index (χ1) is 10.1. The molecule has 2 heterocycles. The smallest absolute Gasteiger partial charge is 0.325 e. The summed E-state index contributed by atoms with van der Waals surface area (Å²) < 4.78 is 0. The minimum atomic E-state index is -0.796. The van der Waals surface area contributed by atoms with Gasteiger partial charge in [0.05, 0.1) is 0 Å². The molecule has 0 aromatic carbocycles. The van der Waals surface area contributed by atoms with Crippen molar-refractivity contribution >= 4 is 17.8 Å². The van der Waals surface area contributed by atoms with Gasteiger partial charge in [-0.2, -0.15) is 0 Å². The monoisotopic (exact) mass is 294 g/mol. The standard InChI is InChI=1S/C14H22N4O3/c19-11(16-10-3-1-2-4-10)9-18-12(20)14(17-13(18)21)5-7-15-8-6-14/h10,15H,1-9H2,(H,16,19)(H,17,21). The number of amides is 4. The molecular weight excluding hydrogens is 272 g/mol. The van der Waals surface area contributed by atoms with E-state index in [-0.39, 0.29) is 24.4 Å². The van der Waals surface area contributed by atoms with Crippen LogP contribution in [-0.4, -0.2) is 54.0 Å². The minimum absolute atomic E-state index is 0.170. The summed E-state index contributed by atoms with van der Waals surface area (Å²) in [5.74, 6) is -0.494. The molecular formula is C14H22N4O3. The molecule has 1 saturated carbocycles. The van der Waals surface area contributed by atoms with Crippen LogP contribution in [0.4, 0.5) is 4.79 Å². The highest BCUT2D eigenvalue weighted by molar-refractivity contribution is 6.09. The molecule has 1 spiro atoms. The van der Waals surface area contributed by atoms with Gasteiger partial charge < -0.3 is 16.0 Å². The molecule has 2 aliphatic heterocycles. The third-order valence-corrected chi connectivity index (χ3v) is 4.73. The molecule has 3 fully saturated rings. The van der Waals surface area contributed by atoms with Gasteiger partial charge in [0, 0.05) is 6.04 Å². The summed E-state index contributed by atoms with van der Waals surface area (Å²) in [6.45, 7) is 1.23. The molecule has 1 aliphatic carbocycles. The molecule has 3 N–H and O–H groups in total. The van der Waals surface area contributed by atoms with Crippen LogP contribution in [0.2, 0.25) is 0 Å². The maximum atomic E-state index is 12.5. The Morgan fingerprint density at radius 1 is 1.24 bits per heavy atom. The third kappa shape index (κ3) is 2.74. The molecule has 21 heavy (non-hydrogen) atoms. The number of carbonyl (C=O) groups excluding carboxylic acids is 3. The Hall–Kier alpha value is -1.63. The van der Waals surface area contributed by atoms with Crippen molar-refractivity contribution in [3.05, 3.63) is 0 Å². The number of hydrogen-bond donors (Lipinski definition) is 3. The van der Waals surface area contributed by atoms with Crippen LogP contribution in [0.1, 0.15) is 38.5 Å². The van der Waals surface area contributed by atoms with Gasteiger partial charge in [-0.05, 0) is 38.8 Å². The average Bonchev–Trinajstić information content (AvgIpc) is 3.04. The van der Waals surface area contributed by atoms with Crippen LogP contribution in [0.25, 0.3) is 0 Å². The van der Waals surface area contributed by atoms with Crippen molar-refractivity contribution in [2.24, 2.45) is 0 Å². The fourth-order valence-corrected chi connectivity index (χ4v) is 3.50. The van der Waals surface area contributed by atoms with E-state index in [9.17, 15) is 14.4 Å². The van der Waals surface area contributed by atoms with E-state index >= 15 is 0 Å². The largest absolute Gasteiger partial charge is 0.352 e. The van der Waals surface area contributed by atoms with Crippen molar-refractivity contribution in [2.75, 3.05) is 19.6 Å². The summed E-state index contributed by atoms with van der Waals surface area (Å²) in [7, 11) is 0. The maximum Gasteiger partial charge on any atom is 0.325 e. The van der Waals surface area contributed by atoms with Crippen LogP contribution in [0.5, 0.6) is 0 Å². The number of imide groups is 1. The normalized spacial score (nSPS) is 25.4. The second kappa shape index (κ2) is 5.63. The fraction of sp³-hybridized carbons (Fsp3) is 0.786. The average molecular weight is 294 g/mol. The summed E-state index contributed by atoms with van der Waals surface area (Å²) in [4.78, 5) is 37.6. The zero-order valence-electron chi connectivity index (χ0n) is 12.1. The van der Waals surface area contributed by atoms with E-state index < -0.39 is 11.6 Å². The first kappa shape index (κ1) is 14.3. The number of nitrogens with zero attached hydrogens (tertiary/aromatic N) is 1. The molecule has 7 heteroatoms. The van der Waals surface area contributed by atoms with Crippen LogP contribution in [0, 0.1) is 0 Å². The van der Waals surface area contributed by atoms with Gasteiger partial charge in [-0.15, -0.1) is 0 Å². The Labute approximate surface area is 123 Å². The Morgan fingerprint density at radius 2 is 1.90 bits per heavy atom. The highest BCUT2D eigenvalue weighted by Gasteiger charge is 2.51. The molecule has 0 unspecified atom stereocenters. The number of hydrogen-bond acceptors (Lipinski definition) is 4. The second-order valence-corrected chi connectivity index (χ2v) is 6.20. The molecule has 2 saturated heterocycles. The number of piperidine rings is 1. The topological polar surface area (TPSA) is 90.5 Å². The molecule has 3 aliphatic rings. The Bertz CT molecular complexity index is 453. The number of urea groups is 1. The van der Waals surface area contributed by atoms with Gasteiger partial charge in [0.25, 0.3) is 5.91 Å². The lowest BCUT2D eigenvalue weighted by Crippen LogP contribution is -2.54. The summed E-state index contributed by atoms with van der Waals surface area (Å²) >= 11 is 0. The Kier molecular flexibility index (Phi) is 3.84. The van der Waals surface area contributed by atoms with Crippen molar-refractivity contribution in [2.45, 2.75) is 50.1 Å². The molecule has 4 amide bonds. The third-order valence-electron chi connectivity index (χ3n) is 4.73. The van der Waals surface area contributed by atoms with Crippen LogP contribution in [0.15, 0.2) is 0 Å². The molecule has 0 radical (unpaired) electrons. The molecule has 0 atom stereocenters. The highest BCUT2D eigenvalue weighted by atomic mass is 16.2. The van der Waals surface area contributed by atoms with E-state index in [0.717, 1.165) is 30.6 Å². The SMILES string of the molecule is O=C(CN1C(=O)NC2(CCNCC2)C1=O)NC1CCCC1. The molecule has 0 aromatic heterocycles. The zero-order chi connectivity index (χ0) is 14.9. The predicted molar refractivity (Wildman–Crippen MR) is 75.5 cm³/mol. The zero-order valence-corrected chi connectivity index (χ0v) is 12.1. The molecule has 0 aromatic rings. The van der Waals surface area contributed by atoms with Crippen LogP contribution >= 0.6 is 0 Å². The van der Waals surface area contributed by atoms with E-state index in [1.165, 1.54) is 0 Å². The molecule has 0 bridgehead atoms. The molecule has 116 valence electrons. The Balaban J connectivity index is 1.61. The first-order valence-electron chi connectivity index (χ1n) is 7.75. The number of rotatable bonds is 3. The van der Waals surface area contributed by atoms with Gasteiger partial charge in [-0.25, -0.2) is 4.79 Å². The van der Waals surface area contributed by atoms with E-state index in [1.807, 2.05) is 0 Å². The summed E-state index contributed by atoms with van der Waals surface area (Å²) in [6.07, 6.45) is 5.40. The maximum absolute atomic E-state index is 12.5. The number of carbonyl (C=O) groups is 3. The lowest BCUT2D eigenvalue weighted by Gasteiger charge is -2.31. The lowest BCUT2D eigenvalue weighted by atomic mass is 9.88. The lowest BCUT2D eigenvalue weighted by molar-refractivity contribution is -0.135. The van der Waals surface area contributed by atoms with Gasteiger partial charge in [-0.1, -0.05) is 12.8 Å².